The highest BCUT2D eigenvalue weighted by atomic mass is 35.5. The first-order valence-electron chi connectivity index (χ1n) is 9.82. The van der Waals surface area contributed by atoms with Crippen molar-refractivity contribution in [2.45, 2.75) is 6.04 Å². The van der Waals surface area contributed by atoms with Gasteiger partial charge in [-0.05, 0) is 35.4 Å². The molecule has 1 aliphatic heterocycles. The molecule has 1 atom stereocenters. The van der Waals surface area contributed by atoms with Crippen LogP contribution in [0.25, 0.3) is 0 Å². The van der Waals surface area contributed by atoms with Crippen LogP contribution in [0.2, 0.25) is 5.02 Å². The third kappa shape index (κ3) is 4.37. The van der Waals surface area contributed by atoms with Crippen molar-refractivity contribution in [2.75, 3.05) is 26.2 Å². The monoisotopic (exact) mass is 426 g/mol. The molecule has 1 amide bonds. The Morgan fingerprint density at radius 1 is 0.833 bits per heavy atom. The lowest BCUT2D eigenvalue weighted by atomic mass is 9.96. The fourth-order valence-electron chi connectivity index (χ4n) is 3.91. The number of piperazine rings is 1. The molecule has 3 aromatic carbocycles. The predicted molar refractivity (Wildman–Crippen MR) is 114 cm³/mol. The maximum absolute atomic E-state index is 14.0. The molecule has 30 heavy (non-hydrogen) atoms. The van der Waals surface area contributed by atoms with Crippen molar-refractivity contribution in [3.63, 3.8) is 0 Å². The van der Waals surface area contributed by atoms with Gasteiger partial charge in [-0.2, -0.15) is 0 Å². The van der Waals surface area contributed by atoms with Gasteiger partial charge in [0.05, 0.1) is 11.6 Å². The average molecular weight is 427 g/mol. The second kappa shape index (κ2) is 8.94. The first-order valence-corrected chi connectivity index (χ1v) is 10.2. The van der Waals surface area contributed by atoms with E-state index in [1.54, 1.807) is 4.90 Å². The van der Waals surface area contributed by atoms with Gasteiger partial charge < -0.3 is 4.90 Å². The largest absolute Gasteiger partial charge is 0.336 e. The molecule has 0 saturated carbocycles. The van der Waals surface area contributed by atoms with Crippen LogP contribution in [0.5, 0.6) is 0 Å². The summed E-state index contributed by atoms with van der Waals surface area (Å²) in [5.74, 6) is -1.93. The first-order chi connectivity index (χ1) is 14.5. The van der Waals surface area contributed by atoms with Gasteiger partial charge in [0.15, 0.2) is 0 Å². The van der Waals surface area contributed by atoms with Crippen LogP contribution in [-0.4, -0.2) is 41.9 Å². The summed E-state index contributed by atoms with van der Waals surface area (Å²) in [4.78, 5) is 16.6. The minimum atomic E-state index is -0.828. The van der Waals surface area contributed by atoms with Crippen molar-refractivity contribution in [1.29, 1.82) is 0 Å². The van der Waals surface area contributed by atoms with Gasteiger partial charge in [0.25, 0.3) is 5.91 Å². The molecule has 0 spiro atoms. The van der Waals surface area contributed by atoms with Crippen LogP contribution in [0.4, 0.5) is 8.78 Å². The highest BCUT2D eigenvalue weighted by Crippen LogP contribution is 2.30. The van der Waals surface area contributed by atoms with E-state index in [0.29, 0.717) is 31.2 Å². The van der Waals surface area contributed by atoms with E-state index in [1.165, 1.54) is 6.07 Å². The van der Waals surface area contributed by atoms with Gasteiger partial charge in [0.2, 0.25) is 0 Å². The SMILES string of the molecule is O=C(c1ccc(F)cc1F)N1CCN([C@@H](c2ccccc2)c2ccc(Cl)cc2)CC1. The number of halogens is 3. The van der Waals surface area contributed by atoms with Gasteiger partial charge in [0, 0.05) is 37.3 Å². The molecule has 0 unspecified atom stereocenters. The lowest BCUT2D eigenvalue weighted by molar-refractivity contribution is 0.0593. The zero-order chi connectivity index (χ0) is 21.1. The molecule has 0 aromatic heterocycles. The highest BCUT2D eigenvalue weighted by molar-refractivity contribution is 6.30. The van der Waals surface area contributed by atoms with Crippen molar-refractivity contribution in [3.05, 3.63) is 106 Å². The molecule has 0 aliphatic carbocycles. The fourth-order valence-corrected chi connectivity index (χ4v) is 4.04. The summed E-state index contributed by atoms with van der Waals surface area (Å²) in [6.45, 7) is 2.20. The Hall–Kier alpha value is -2.76. The molecule has 6 heteroatoms. The summed E-state index contributed by atoms with van der Waals surface area (Å²) in [5.41, 5.74) is 2.18. The van der Waals surface area contributed by atoms with E-state index >= 15 is 0 Å². The van der Waals surface area contributed by atoms with Gasteiger partial charge in [-0.15, -0.1) is 0 Å². The second-order valence-electron chi connectivity index (χ2n) is 7.32. The Morgan fingerprint density at radius 2 is 1.47 bits per heavy atom. The molecule has 1 saturated heterocycles. The smallest absolute Gasteiger partial charge is 0.256 e. The van der Waals surface area contributed by atoms with Crippen molar-refractivity contribution in [1.82, 2.24) is 9.80 Å². The van der Waals surface area contributed by atoms with E-state index in [-0.39, 0.29) is 11.6 Å². The zero-order valence-corrected chi connectivity index (χ0v) is 17.0. The predicted octanol–water partition coefficient (Wildman–Crippen LogP) is 5.17. The molecule has 3 nitrogen and oxygen atoms in total. The van der Waals surface area contributed by atoms with E-state index in [1.807, 2.05) is 42.5 Å². The Kier molecular flexibility index (Phi) is 6.11. The summed E-state index contributed by atoms with van der Waals surface area (Å²) in [6.07, 6.45) is 0. The lowest BCUT2D eigenvalue weighted by Gasteiger charge is -2.39. The molecule has 1 aliphatic rings. The molecular weight excluding hydrogens is 406 g/mol. The number of carbonyl (C=O) groups excluding carboxylic acids is 1. The van der Waals surface area contributed by atoms with E-state index in [9.17, 15) is 13.6 Å². The normalized spacial score (nSPS) is 15.8. The van der Waals surface area contributed by atoms with Crippen LogP contribution in [-0.2, 0) is 0 Å². The van der Waals surface area contributed by atoms with Gasteiger partial charge in [-0.25, -0.2) is 8.78 Å². The van der Waals surface area contributed by atoms with Crippen LogP contribution in [0, 0.1) is 11.6 Å². The summed E-state index contributed by atoms with van der Waals surface area (Å²) in [7, 11) is 0. The van der Waals surface area contributed by atoms with Crippen LogP contribution in [0.15, 0.2) is 72.8 Å². The number of hydrogen-bond acceptors (Lipinski definition) is 2. The van der Waals surface area contributed by atoms with Crippen molar-refractivity contribution < 1.29 is 13.6 Å². The van der Waals surface area contributed by atoms with E-state index < -0.39 is 17.5 Å². The van der Waals surface area contributed by atoms with Gasteiger partial charge in [0.1, 0.15) is 11.6 Å². The standard InChI is InChI=1S/C24H21ClF2N2O/c25-19-8-6-18(7-9-19)23(17-4-2-1-3-5-17)28-12-14-29(15-13-28)24(30)21-11-10-20(26)16-22(21)27/h1-11,16,23H,12-15H2/t23-/m0/s1. The van der Waals surface area contributed by atoms with E-state index in [0.717, 1.165) is 23.3 Å². The maximum Gasteiger partial charge on any atom is 0.256 e. The molecule has 3 aromatic rings. The van der Waals surface area contributed by atoms with Gasteiger partial charge >= 0.3 is 0 Å². The Balaban J connectivity index is 1.53. The van der Waals surface area contributed by atoms with Crippen molar-refractivity contribution in [3.8, 4) is 0 Å². The first kappa shape index (κ1) is 20.5. The van der Waals surface area contributed by atoms with Crippen LogP contribution >= 0.6 is 11.6 Å². The fraction of sp³-hybridized carbons (Fsp3) is 0.208. The highest BCUT2D eigenvalue weighted by Gasteiger charge is 2.29. The minimum absolute atomic E-state index is 0.0308. The molecule has 1 heterocycles. The molecule has 0 N–H and O–H groups in total. The van der Waals surface area contributed by atoms with Crippen LogP contribution in [0.3, 0.4) is 0 Å². The van der Waals surface area contributed by atoms with E-state index in [2.05, 4.69) is 17.0 Å². The van der Waals surface area contributed by atoms with Crippen molar-refractivity contribution in [2.24, 2.45) is 0 Å². The van der Waals surface area contributed by atoms with Crippen LogP contribution in [0.1, 0.15) is 27.5 Å². The summed E-state index contributed by atoms with van der Waals surface area (Å²) in [5, 5.41) is 0.683. The Labute approximate surface area is 179 Å². The summed E-state index contributed by atoms with van der Waals surface area (Å²) >= 11 is 6.07. The molecule has 154 valence electrons. The third-order valence-corrected chi connectivity index (χ3v) is 5.68. The number of amides is 1. The molecule has 0 radical (unpaired) electrons. The maximum atomic E-state index is 14.0. The number of benzene rings is 3. The lowest BCUT2D eigenvalue weighted by Crippen LogP contribution is -2.50. The molecule has 1 fully saturated rings. The quantitative estimate of drug-likeness (QED) is 0.575. The van der Waals surface area contributed by atoms with Crippen molar-refractivity contribution >= 4 is 17.5 Å². The van der Waals surface area contributed by atoms with Gasteiger partial charge in [-0.3, -0.25) is 9.69 Å². The van der Waals surface area contributed by atoms with Crippen LogP contribution < -0.4 is 0 Å². The average Bonchev–Trinajstić information content (AvgIpc) is 2.76. The number of hydrogen-bond donors (Lipinski definition) is 0. The summed E-state index contributed by atoms with van der Waals surface area (Å²) in [6, 6.07) is 21.1. The third-order valence-electron chi connectivity index (χ3n) is 5.43. The Morgan fingerprint density at radius 3 is 2.10 bits per heavy atom. The zero-order valence-electron chi connectivity index (χ0n) is 16.3. The molecule has 0 bridgehead atoms. The topological polar surface area (TPSA) is 23.6 Å². The minimum Gasteiger partial charge on any atom is -0.336 e. The van der Waals surface area contributed by atoms with Gasteiger partial charge in [-0.1, -0.05) is 54.1 Å². The van der Waals surface area contributed by atoms with E-state index in [4.69, 9.17) is 11.6 Å². The number of rotatable bonds is 4. The number of nitrogens with zero attached hydrogens (tertiary/aromatic N) is 2. The Bertz CT molecular complexity index is 1020. The number of carbonyl (C=O) groups is 1. The summed E-state index contributed by atoms with van der Waals surface area (Å²) < 4.78 is 27.2. The second-order valence-corrected chi connectivity index (χ2v) is 7.75. The molecule has 4 rings (SSSR count). The molecular formula is C24H21ClF2N2O.